The van der Waals surface area contributed by atoms with E-state index >= 15 is 0 Å². The van der Waals surface area contributed by atoms with Crippen molar-refractivity contribution in [3.63, 3.8) is 0 Å². The standard InChI is InChI=1S/C26H28N4O6S2/c1-19-8-12-24(13-9-19)37(33,34)27-21(3)28-16-5-17-29(38(35,36)25-14-10-20(2)11-15-25)26(28)22-6-4-7-23(18-22)30(31)32/h4,6-15,18,26H,5,16-17H2,1-3H3/t26-/m1/s1. The van der Waals surface area contributed by atoms with Gasteiger partial charge in [-0.1, -0.05) is 47.5 Å². The molecule has 0 N–H and O–H groups in total. The number of amidine groups is 1. The van der Waals surface area contributed by atoms with E-state index in [-0.39, 0.29) is 27.9 Å². The van der Waals surface area contributed by atoms with Crippen LogP contribution < -0.4 is 0 Å². The van der Waals surface area contributed by atoms with Crippen molar-refractivity contribution >= 4 is 31.6 Å². The van der Waals surface area contributed by atoms with E-state index in [1.54, 1.807) is 35.2 Å². The van der Waals surface area contributed by atoms with Gasteiger partial charge in [-0.2, -0.15) is 12.7 Å². The lowest BCUT2D eigenvalue weighted by Crippen LogP contribution is -2.51. The highest BCUT2D eigenvalue weighted by Gasteiger charge is 2.40. The number of nitro groups is 1. The topological polar surface area (TPSA) is 130 Å². The molecule has 200 valence electrons. The van der Waals surface area contributed by atoms with Crippen molar-refractivity contribution in [1.29, 1.82) is 0 Å². The quantitative estimate of drug-likeness (QED) is 0.190. The van der Waals surface area contributed by atoms with Gasteiger partial charge in [0.2, 0.25) is 10.0 Å². The number of benzene rings is 3. The minimum atomic E-state index is -4.09. The number of nitro benzene ring substituents is 1. The number of hydrogen-bond acceptors (Lipinski definition) is 6. The first-order chi connectivity index (χ1) is 17.9. The monoisotopic (exact) mass is 556 g/mol. The van der Waals surface area contributed by atoms with Gasteiger partial charge in [-0.05, 0) is 57.0 Å². The van der Waals surface area contributed by atoms with Crippen LogP contribution in [0.4, 0.5) is 5.69 Å². The lowest BCUT2D eigenvalue weighted by Gasteiger charge is -2.44. The molecule has 1 aliphatic heterocycles. The minimum absolute atomic E-state index is 0.00971. The molecule has 1 atom stereocenters. The number of rotatable bonds is 6. The number of sulfonamides is 2. The molecule has 0 unspecified atom stereocenters. The molecule has 0 amide bonds. The summed E-state index contributed by atoms with van der Waals surface area (Å²) >= 11 is 0. The minimum Gasteiger partial charge on any atom is -0.339 e. The van der Waals surface area contributed by atoms with E-state index < -0.39 is 31.1 Å². The van der Waals surface area contributed by atoms with Gasteiger partial charge in [0.15, 0.2) is 0 Å². The van der Waals surface area contributed by atoms with Crippen molar-refractivity contribution in [2.24, 2.45) is 4.40 Å². The Morgan fingerprint density at radius 2 is 1.47 bits per heavy atom. The maximum absolute atomic E-state index is 13.8. The van der Waals surface area contributed by atoms with Gasteiger partial charge in [0.05, 0.1) is 14.7 Å². The van der Waals surface area contributed by atoms with Crippen LogP contribution >= 0.6 is 0 Å². The van der Waals surface area contributed by atoms with Crippen molar-refractivity contribution < 1.29 is 21.8 Å². The molecule has 0 aliphatic carbocycles. The van der Waals surface area contributed by atoms with Gasteiger partial charge in [-0.3, -0.25) is 10.1 Å². The first-order valence-electron chi connectivity index (χ1n) is 11.9. The molecule has 1 aliphatic rings. The summed E-state index contributed by atoms with van der Waals surface area (Å²) in [6, 6.07) is 18.4. The molecule has 4 rings (SSSR count). The van der Waals surface area contributed by atoms with Crippen LogP contribution in [0, 0.1) is 24.0 Å². The van der Waals surface area contributed by atoms with Gasteiger partial charge in [0.1, 0.15) is 12.0 Å². The zero-order valence-corrected chi connectivity index (χ0v) is 22.8. The highest BCUT2D eigenvalue weighted by atomic mass is 32.2. The summed E-state index contributed by atoms with van der Waals surface area (Å²) in [5.74, 6) is 0.0749. The lowest BCUT2D eigenvalue weighted by atomic mass is 10.1. The van der Waals surface area contributed by atoms with Crippen LogP contribution in [-0.4, -0.2) is 49.9 Å². The fourth-order valence-electron chi connectivity index (χ4n) is 4.37. The molecule has 0 saturated carbocycles. The Morgan fingerprint density at radius 1 is 0.895 bits per heavy atom. The average Bonchev–Trinajstić information content (AvgIpc) is 2.88. The normalized spacial score (nSPS) is 17.4. The molecular weight excluding hydrogens is 528 g/mol. The molecule has 0 aromatic heterocycles. The number of non-ortho nitro benzene ring substituents is 1. The summed E-state index contributed by atoms with van der Waals surface area (Å²) in [5.41, 5.74) is 1.91. The van der Waals surface area contributed by atoms with Gasteiger partial charge < -0.3 is 4.90 Å². The van der Waals surface area contributed by atoms with Gasteiger partial charge >= 0.3 is 0 Å². The second-order valence-corrected chi connectivity index (χ2v) is 12.6. The van der Waals surface area contributed by atoms with E-state index in [0.29, 0.717) is 18.5 Å². The molecule has 12 heteroatoms. The highest BCUT2D eigenvalue weighted by Crippen LogP contribution is 2.36. The van der Waals surface area contributed by atoms with Gasteiger partial charge in [0, 0.05) is 25.2 Å². The van der Waals surface area contributed by atoms with Gasteiger partial charge in [0.25, 0.3) is 15.7 Å². The molecule has 3 aromatic rings. The SMILES string of the molecule is CC(=NS(=O)(=O)c1ccc(C)cc1)N1CCCN(S(=O)(=O)c2ccc(C)cc2)[C@@H]1c1cccc([N+](=O)[O-])c1. The smallest absolute Gasteiger partial charge is 0.283 e. The first kappa shape index (κ1) is 27.4. The third-order valence-corrected chi connectivity index (χ3v) is 9.58. The van der Waals surface area contributed by atoms with Crippen molar-refractivity contribution in [3.05, 3.63) is 99.6 Å². The number of nitrogens with zero attached hydrogens (tertiary/aromatic N) is 4. The lowest BCUT2D eigenvalue weighted by molar-refractivity contribution is -0.385. The largest absolute Gasteiger partial charge is 0.339 e. The molecule has 0 spiro atoms. The highest BCUT2D eigenvalue weighted by molar-refractivity contribution is 7.90. The van der Waals surface area contributed by atoms with Crippen LogP contribution in [0.25, 0.3) is 0 Å². The fraction of sp³-hybridized carbons (Fsp3) is 0.269. The van der Waals surface area contributed by atoms with Crippen LogP contribution in [0.2, 0.25) is 0 Å². The van der Waals surface area contributed by atoms with E-state index in [1.807, 2.05) is 13.8 Å². The molecular formula is C26H28N4O6S2. The van der Waals surface area contributed by atoms with Crippen LogP contribution in [0.5, 0.6) is 0 Å². The number of aryl methyl sites for hydroxylation is 2. The van der Waals surface area contributed by atoms with Crippen LogP contribution in [0.15, 0.2) is 87.0 Å². The van der Waals surface area contributed by atoms with Gasteiger partial charge in [-0.25, -0.2) is 8.42 Å². The second-order valence-electron chi connectivity index (χ2n) is 9.13. The maximum atomic E-state index is 13.8. The van der Waals surface area contributed by atoms with Crippen molar-refractivity contribution in [3.8, 4) is 0 Å². The van der Waals surface area contributed by atoms with E-state index in [4.69, 9.17) is 0 Å². The molecule has 1 fully saturated rings. The maximum Gasteiger partial charge on any atom is 0.283 e. The fourth-order valence-corrected chi connectivity index (χ4v) is 7.02. The van der Waals surface area contributed by atoms with Crippen LogP contribution in [0.1, 0.15) is 36.2 Å². The summed E-state index contributed by atoms with van der Waals surface area (Å²) in [4.78, 5) is 12.6. The van der Waals surface area contributed by atoms with Crippen molar-refractivity contribution in [2.75, 3.05) is 13.1 Å². The van der Waals surface area contributed by atoms with Crippen LogP contribution in [0.3, 0.4) is 0 Å². The van der Waals surface area contributed by atoms with Crippen LogP contribution in [-0.2, 0) is 20.0 Å². The Labute approximate surface area is 222 Å². The summed E-state index contributed by atoms with van der Waals surface area (Å²) in [5, 5.41) is 11.5. The summed E-state index contributed by atoms with van der Waals surface area (Å²) < 4.78 is 59.1. The zero-order valence-electron chi connectivity index (χ0n) is 21.2. The molecule has 1 saturated heterocycles. The summed E-state index contributed by atoms with van der Waals surface area (Å²) in [7, 11) is -8.15. The Morgan fingerprint density at radius 3 is 2.05 bits per heavy atom. The van der Waals surface area contributed by atoms with E-state index in [2.05, 4.69) is 4.40 Å². The van der Waals surface area contributed by atoms with Crippen molar-refractivity contribution in [2.45, 2.75) is 43.1 Å². The Kier molecular flexibility index (Phi) is 7.68. The Balaban J connectivity index is 1.84. The molecule has 38 heavy (non-hydrogen) atoms. The number of hydrogen-bond donors (Lipinski definition) is 0. The zero-order chi connectivity index (χ0) is 27.7. The Bertz CT molecular complexity index is 1590. The predicted molar refractivity (Wildman–Crippen MR) is 144 cm³/mol. The second kappa shape index (κ2) is 10.6. The van der Waals surface area contributed by atoms with E-state index in [1.165, 1.54) is 53.7 Å². The first-order valence-corrected chi connectivity index (χ1v) is 14.8. The van der Waals surface area contributed by atoms with E-state index in [9.17, 15) is 26.9 Å². The van der Waals surface area contributed by atoms with E-state index in [0.717, 1.165) is 11.1 Å². The Hall–Kier alpha value is -3.61. The molecule has 10 nitrogen and oxygen atoms in total. The summed E-state index contributed by atoms with van der Waals surface area (Å²) in [6.07, 6.45) is -0.652. The van der Waals surface area contributed by atoms with Gasteiger partial charge in [-0.15, -0.1) is 4.40 Å². The predicted octanol–water partition coefficient (Wildman–Crippen LogP) is 4.41. The van der Waals surface area contributed by atoms with Crippen molar-refractivity contribution in [1.82, 2.24) is 9.21 Å². The molecule has 0 bridgehead atoms. The molecule has 0 radical (unpaired) electrons. The third kappa shape index (κ3) is 5.62. The third-order valence-electron chi connectivity index (χ3n) is 6.34. The summed E-state index contributed by atoms with van der Waals surface area (Å²) in [6.45, 7) is 5.62. The molecule has 3 aromatic carbocycles. The average molecular weight is 557 g/mol. The molecule has 1 heterocycles.